The Kier molecular flexibility index (Phi) is 5.23. The molecule has 1 heterocycles. The minimum Gasteiger partial charge on any atom is -0.496 e. The number of nitrogens with zero attached hydrogens (tertiary/aromatic N) is 1. The Morgan fingerprint density at radius 2 is 2.14 bits per heavy atom. The van der Waals surface area contributed by atoms with E-state index in [-0.39, 0.29) is 6.42 Å². The van der Waals surface area contributed by atoms with Gasteiger partial charge in [-0.1, -0.05) is 6.07 Å². The highest BCUT2D eigenvalue weighted by molar-refractivity contribution is 5.66. The van der Waals surface area contributed by atoms with Crippen LogP contribution in [0.15, 0.2) is 12.1 Å². The van der Waals surface area contributed by atoms with E-state index < -0.39 is 5.97 Å². The van der Waals surface area contributed by atoms with E-state index in [1.165, 1.54) is 23.1 Å². The zero-order chi connectivity index (χ0) is 15.4. The number of hydrogen-bond donors (Lipinski definition) is 1. The van der Waals surface area contributed by atoms with Crippen molar-refractivity contribution in [2.24, 2.45) is 0 Å². The molecule has 4 nitrogen and oxygen atoms in total. The molecule has 1 N–H and O–H groups in total. The molecule has 1 aromatic carbocycles. The molecule has 0 aromatic heterocycles. The molecular formula is C17H25NO3. The molecular weight excluding hydrogens is 266 g/mol. The minimum atomic E-state index is -0.696. The van der Waals surface area contributed by atoms with E-state index in [0.717, 1.165) is 31.7 Å². The number of aliphatic carboxylic acids is 1. The second-order valence-corrected chi connectivity index (χ2v) is 5.88. The molecule has 1 aliphatic heterocycles. The van der Waals surface area contributed by atoms with Gasteiger partial charge in [0.1, 0.15) is 5.75 Å². The lowest BCUT2D eigenvalue weighted by Gasteiger charge is -2.25. The first-order chi connectivity index (χ1) is 10.0. The van der Waals surface area contributed by atoms with Crippen molar-refractivity contribution in [1.82, 2.24) is 4.90 Å². The molecule has 0 aliphatic carbocycles. The van der Waals surface area contributed by atoms with Crippen molar-refractivity contribution in [3.05, 3.63) is 28.8 Å². The zero-order valence-electron chi connectivity index (χ0n) is 13.2. The summed E-state index contributed by atoms with van der Waals surface area (Å²) >= 11 is 0. The normalized spacial score (nSPS) is 18.9. The maximum atomic E-state index is 10.8. The van der Waals surface area contributed by atoms with E-state index in [9.17, 15) is 4.79 Å². The van der Waals surface area contributed by atoms with Crippen LogP contribution in [-0.4, -0.2) is 35.7 Å². The van der Waals surface area contributed by atoms with Gasteiger partial charge in [-0.25, -0.2) is 0 Å². The molecule has 0 spiro atoms. The van der Waals surface area contributed by atoms with Crippen LogP contribution < -0.4 is 4.74 Å². The Bertz CT molecular complexity index is 513. The van der Waals surface area contributed by atoms with Crippen molar-refractivity contribution in [3.63, 3.8) is 0 Å². The summed E-state index contributed by atoms with van der Waals surface area (Å²) in [6.45, 7) is 6.19. The fraction of sp³-hybridized carbons (Fsp3) is 0.588. The first-order valence-electron chi connectivity index (χ1n) is 7.62. The fourth-order valence-electron chi connectivity index (χ4n) is 3.18. The predicted molar refractivity (Wildman–Crippen MR) is 82.8 cm³/mol. The molecule has 0 amide bonds. The van der Waals surface area contributed by atoms with Crippen LogP contribution in [-0.2, 0) is 11.3 Å². The molecule has 4 heteroatoms. The van der Waals surface area contributed by atoms with Gasteiger partial charge in [-0.2, -0.15) is 0 Å². The van der Waals surface area contributed by atoms with Crippen LogP contribution in [0.25, 0.3) is 0 Å². The summed E-state index contributed by atoms with van der Waals surface area (Å²) < 4.78 is 5.36. The summed E-state index contributed by atoms with van der Waals surface area (Å²) in [5.41, 5.74) is 3.78. The molecule has 1 saturated heterocycles. The largest absolute Gasteiger partial charge is 0.496 e. The van der Waals surface area contributed by atoms with Crippen molar-refractivity contribution in [2.45, 2.75) is 52.1 Å². The topological polar surface area (TPSA) is 49.8 Å². The standard InChI is InChI=1S/C17H25NO3/c1-12-13(2)16(21-3)8-6-14(12)11-18-10-4-5-15(18)7-9-17(19)20/h6,8,15H,4-5,7,9-11H2,1-3H3,(H,19,20). The number of ether oxygens (including phenoxy) is 1. The van der Waals surface area contributed by atoms with E-state index in [1.807, 2.05) is 6.07 Å². The first-order valence-corrected chi connectivity index (χ1v) is 7.62. The predicted octanol–water partition coefficient (Wildman–Crippen LogP) is 3.14. The highest BCUT2D eigenvalue weighted by atomic mass is 16.5. The van der Waals surface area contributed by atoms with Gasteiger partial charge in [-0.05, 0) is 62.4 Å². The number of likely N-dealkylation sites (tertiary alicyclic amines) is 1. The molecule has 21 heavy (non-hydrogen) atoms. The van der Waals surface area contributed by atoms with Crippen molar-refractivity contribution in [2.75, 3.05) is 13.7 Å². The molecule has 1 aliphatic rings. The Hall–Kier alpha value is -1.55. The molecule has 1 fully saturated rings. The van der Waals surface area contributed by atoms with Gasteiger partial charge in [0.15, 0.2) is 0 Å². The molecule has 2 rings (SSSR count). The highest BCUT2D eigenvalue weighted by Crippen LogP contribution is 2.28. The van der Waals surface area contributed by atoms with Gasteiger partial charge in [0.05, 0.1) is 7.11 Å². The van der Waals surface area contributed by atoms with Crippen LogP contribution in [0.5, 0.6) is 5.75 Å². The van der Waals surface area contributed by atoms with Crippen LogP contribution >= 0.6 is 0 Å². The zero-order valence-corrected chi connectivity index (χ0v) is 13.2. The average molecular weight is 291 g/mol. The monoisotopic (exact) mass is 291 g/mol. The minimum absolute atomic E-state index is 0.266. The van der Waals surface area contributed by atoms with Crippen molar-refractivity contribution in [1.29, 1.82) is 0 Å². The molecule has 0 saturated carbocycles. The van der Waals surface area contributed by atoms with E-state index in [4.69, 9.17) is 9.84 Å². The maximum Gasteiger partial charge on any atom is 0.303 e. The lowest BCUT2D eigenvalue weighted by molar-refractivity contribution is -0.137. The molecule has 0 radical (unpaired) electrons. The van der Waals surface area contributed by atoms with Gasteiger partial charge >= 0.3 is 5.97 Å². The molecule has 1 atom stereocenters. The quantitative estimate of drug-likeness (QED) is 0.875. The number of carboxylic acid groups (broad SMARTS) is 1. The van der Waals surface area contributed by atoms with E-state index in [1.54, 1.807) is 7.11 Å². The summed E-state index contributed by atoms with van der Waals surface area (Å²) in [6, 6.07) is 4.57. The lowest BCUT2D eigenvalue weighted by Crippen LogP contribution is -2.29. The number of methoxy groups -OCH3 is 1. The van der Waals surface area contributed by atoms with Gasteiger partial charge in [-0.3, -0.25) is 9.69 Å². The van der Waals surface area contributed by atoms with Crippen LogP contribution in [0.2, 0.25) is 0 Å². The third-order valence-corrected chi connectivity index (χ3v) is 4.63. The first kappa shape index (κ1) is 15.8. The van der Waals surface area contributed by atoms with E-state index >= 15 is 0 Å². The molecule has 116 valence electrons. The summed E-state index contributed by atoms with van der Waals surface area (Å²) in [5, 5.41) is 8.86. The van der Waals surface area contributed by atoms with Gasteiger partial charge in [0.25, 0.3) is 0 Å². The number of rotatable bonds is 6. The third kappa shape index (κ3) is 3.76. The van der Waals surface area contributed by atoms with Crippen LogP contribution in [0.1, 0.15) is 42.4 Å². The van der Waals surface area contributed by atoms with Crippen LogP contribution in [0.4, 0.5) is 0 Å². The van der Waals surface area contributed by atoms with Gasteiger partial charge in [-0.15, -0.1) is 0 Å². The van der Waals surface area contributed by atoms with Crippen LogP contribution in [0, 0.1) is 13.8 Å². The molecule has 0 bridgehead atoms. The second kappa shape index (κ2) is 6.94. The lowest BCUT2D eigenvalue weighted by atomic mass is 10.0. The van der Waals surface area contributed by atoms with Gasteiger partial charge < -0.3 is 9.84 Å². The molecule has 1 unspecified atom stereocenters. The second-order valence-electron chi connectivity index (χ2n) is 5.88. The smallest absolute Gasteiger partial charge is 0.303 e. The summed E-state index contributed by atoms with van der Waals surface area (Å²) in [5.74, 6) is 0.235. The van der Waals surface area contributed by atoms with Crippen molar-refractivity contribution in [3.8, 4) is 5.75 Å². The number of carbonyl (C=O) groups is 1. The summed E-state index contributed by atoms with van der Waals surface area (Å²) in [4.78, 5) is 13.2. The number of benzene rings is 1. The number of hydrogen-bond acceptors (Lipinski definition) is 3. The third-order valence-electron chi connectivity index (χ3n) is 4.63. The van der Waals surface area contributed by atoms with Crippen molar-refractivity contribution >= 4 is 5.97 Å². The molecule has 1 aromatic rings. The summed E-state index contributed by atoms with van der Waals surface area (Å²) in [7, 11) is 1.70. The van der Waals surface area contributed by atoms with Crippen molar-refractivity contribution < 1.29 is 14.6 Å². The fourth-order valence-corrected chi connectivity index (χ4v) is 3.18. The average Bonchev–Trinajstić information content (AvgIpc) is 2.89. The Labute approximate surface area is 126 Å². The van der Waals surface area contributed by atoms with Crippen LogP contribution in [0.3, 0.4) is 0 Å². The van der Waals surface area contributed by atoms with Gasteiger partial charge in [0, 0.05) is 19.0 Å². The Balaban J connectivity index is 2.06. The Morgan fingerprint density at radius 3 is 2.81 bits per heavy atom. The number of carboxylic acids is 1. The maximum absolute atomic E-state index is 10.8. The van der Waals surface area contributed by atoms with E-state index in [0.29, 0.717) is 6.04 Å². The highest BCUT2D eigenvalue weighted by Gasteiger charge is 2.25. The van der Waals surface area contributed by atoms with E-state index in [2.05, 4.69) is 24.8 Å². The SMILES string of the molecule is COc1ccc(CN2CCCC2CCC(=O)O)c(C)c1C. The Morgan fingerprint density at radius 1 is 1.38 bits per heavy atom. The van der Waals surface area contributed by atoms with Gasteiger partial charge in [0.2, 0.25) is 0 Å². The summed E-state index contributed by atoms with van der Waals surface area (Å²) in [6.07, 6.45) is 3.30.